The van der Waals surface area contributed by atoms with Crippen molar-refractivity contribution in [3.63, 3.8) is 0 Å². The molecule has 0 saturated carbocycles. The largest absolute Gasteiger partial charge is 0.494 e. The van der Waals surface area contributed by atoms with Crippen molar-refractivity contribution in [3.05, 3.63) is 78.6 Å². The number of hydrogen-bond donors (Lipinski definition) is 1. The number of nitrogens with zero attached hydrogens (tertiary/aromatic N) is 6. The van der Waals surface area contributed by atoms with Gasteiger partial charge < -0.3 is 14.6 Å². The van der Waals surface area contributed by atoms with E-state index in [1.807, 2.05) is 29.8 Å². The summed E-state index contributed by atoms with van der Waals surface area (Å²) in [6, 6.07) is 10.7. The predicted molar refractivity (Wildman–Crippen MR) is 119 cm³/mol. The standard InChI is InChI=1S/C23H18F3N7O/c1-14-12-32(13-28-14)18-8-7-15(11-19(18)34-2)29-22-30-21-20(27-9-10-33(21)31-22)16-5-3-4-6-17(16)23(24,25)26/h3-13H,1-2H3,(H,29,31). The molecule has 8 nitrogen and oxygen atoms in total. The molecule has 0 aliphatic rings. The van der Waals surface area contributed by atoms with Crippen LogP contribution in [-0.4, -0.2) is 36.2 Å². The number of aromatic nitrogens is 6. The average Bonchev–Trinajstić information content (AvgIpc) is 3.43. The number of halogens is 3. The zero-order chi connectivity index (χ0) is 23.9. The fraction of sp³-hybridized carbons (Fsp3) is 0.130. The van der Waals surface area contributed by atoms with Crippen LogP contribution in [0.3, 0.4) is 0 Å². The molecule has 0 aliphatic carbocycles. The SMILES string of the molecule is COc1cc(Nc2nc3c(-c4ccccc4C(F)(F)F)nccn3n2)ccc1-n1cnc(C)c1. The van der Waals surface area contributed by atoms with Gasteiger partial charge in [0.25, 0.3) is 0 Å². The van der Waals surface area contributed by atoms with Crippen molar-refractivity contribution >= 4 is 17.3 Å². The number of alkyl halides is 3. The minimum atomic E-state index is -4.53. The van der Waals surface area contributed by atoms with E-state index in [4.69, 9.17) is 4.74 Å². The summed E-state index contributed by atoms with van der Waals surface area (Å²) in [6.07, 6.45) is 1.95. The molecule has 1 N–H and O–H groups in total. The molecule has 0 aliphatic heterocycles. The van der Waals surface area contributed by atoms with Crippen LogP contribution in [0.5, 0.6) is 5.75 Å². The Bertz CT molecular complexity index is 1490. The van der Waals surface area contributed by atoms with Gasteiger partial charge in [0.05, 0.1) is 30.4 Å². The Balaban J connectivity index is 1.52. The molecule has 34 heavy (non-hydrogen) atoms. The van der Waals surface area contributed by atoms with Crippen molar-refractivity contribution in [3.8, 4) is 22.7 Å². The second kappa shape index (κ2) is 8.18. The smallest absolute Gasteiger partial charge is 0.417 e. The van der Waals surface area contributed by atoms with Crippen molar-refractivity contribution in [2.75, 3.05) is 12.4 Å². The average molecular weight is 465 g/mol. The van der Waals surface area contributed by atoms with Gasteiger partial charge >= 0.3 is 6.18 Å². The lowest BCUT2D eigenvalue weighted by Gasteiger charge is -2.12. The van der Waals surface area contributed by atoms with Gasteiger partial charge in [0.2, 0.25) is 5.95 Å². The normalized spacial score (nSPS) is 11.7. The van der Waals surface area contributed by atoms with E-state index in [1.54, 1.807) is 19.5 Å². The van der Waals surface area contributed by atoms with E-state index in [-0.39, 0.29) is 22.9 Å². The van der Waals surface area contributed by atoms with Crippen LogP contribution in [0, 0.1) is 6.92 Å². The summed E-state index contributed by atoms with van der Waals surface area (Å²) in [4.78, 5) is 12.8. The van der Waals surface area contributed by atoms with Crippen LogP contribution in [0.2, 0.25) is 0 Å². The molecule has 172 valence electrons. The van der Waals surface area contributed by atoms with E-state index in [2.05, 4.69) is 25.4 Å². The van der Waals surface area contributed by atoms with Crippen molar-refractivity contribution in [1.29, 1.82) is 0 Å². The third-order valence-electron chi connectivity index (χ3n) is 5.17. The highest BCUT2D eigenvalue weighted by Crippen LogP contribution is 2.37. The first-order valence-electron chi connectivity index (χ1n) is 10.2. The Morgan fingerprint density at radius 1 is 1.06 bits per heavy atom. The van der Waals surface area contributed by atoms with Crippen LogP contribution in [0.4, 0.5) is 24.8 Å². The first kappa shape index (κ1) is 21.4. The first-order chi connectivity index (χ1) is 16.3. The summed E-state index contributed by atoms with van der Waals surface area (Å²) >= 11 is 0. The predicted octanol–water partition coefficient (Wildman–Crippen LogP) is 5.06. The fourth-order valence-corrected chi connectivity index (χ4v) is 3.65. The summed E-state index contributed by atoms with van der Waals surface area (Å²) in [7, 11) is 1.56. The Morgan fingerprint density at radius 3 is 2.62 bits per heavy atom. The van der Waals surface area contributed by atoms with E-state index in [0.717, 1.165) is 17.4 Å². The maximum absolute atomic E-state index is 13.6. The quantitative estimate of drug-likeness (QED) is 0.391. The summed E-state index contributed by atoms with van der Waals surface area (Å²) < 4.78 is 49.4. The van der Waals surface area contributed by atoms with Gasteiger partial charge in [-0.2, -0.15) is 18.2 Å². The molecule has 0 unspecified atom stereocenters. The van der Waals surface area contributed by atoms with Gasteiger partial charge in [0.15, 0.2) is 5.65 Å². The molecule has 0 bridgehead atoms. The minimum Gasteiger partial charge on any atom is -0.494 e. The Labute approximate surface area is 191 Å². The van der Waals surface area contributed by atoms with Gasteiger partial charge in [0, 0.05) is 35.9 Å². The van der Waals surface area contributed by atoms with Gasteiger partial charge in [-0.05, 0) is 25.1 Å². The molecule has 5 aromatic rings. The van der Waals surface area contributed by atoms with Gasteiger partial charge in [-0.25, -0.2) is 9.50 Å². The van der Waals surface area contributed by atoms with Gasteiger partial charge in [-0.3, -0.25) is 4.98 Å². The molecule has 0 amide bonds. The number of fused-ring (bicyclic) bond motifs is 1. The second-order valence-electron chi connectivity index (χ2n) is 7.46. The summed E-state index contributed by atoms with van der Waals surface area (Å²) in [5, 5.41) is 7.42. The van der Waals surface area contributed by atoms with E-state index >= 15 is 0 Å². The number of hydrogen-bond acceptors (Lipinski definition) is 6. The number of benzene rings is 2. The maximum Gasteiger partial charge on any atom is 0.417 e. The van der Waals surface area contributed by atoms with Crippen LogP contribution in [-0.2, 0) is 6.18 Å². The molecule has 0 spiro atoms. The second-order valence-corrected chi connectivity index (χ2v) is 7.46. The molecule has 0 radical (unpaired) electrons. The van der Waals surface area contributed by atoms with Gasteiger partial charge in [0.1, 0.15) is 11.4 Å². The maximum atomic E-state index is 13.6. The molecule has 3 heterocycles. The van der Waals surface area contributed by atoms with Crippen LogP contribution in [0.1, 0.15) is 11.3 Å². The van der Waals surface area contributed by atoms with Gasteiger partial charge in [-0.1, -0.05) is 18.2 Å². The lowest BCUT2D eigenvalue weighted by molar-refractivity contribution is -0.137. The molecule has 3 aromatic heterocycles. The zero-order valence-electron chi connectivity index (χ0n) is 18.1. The van der Waals surface area contributed by atoms with Crippen LogP contribution in [0.25, 0.3) is 22.6 Å². The minimum absolute atomic E-state index is 0.0683. The molecular weight excluding hydrogens is 447 g/mol. The van der Waals surface area contributed by atoms with Crippen molar-refractivity contribution in [1.82, 2.24) is 29.1 Å². The lowest BCUT2D eigenvalue weighted by Crippen LogP contribution is -2.08. The first-order valence-corrected chi connectivity index (χ1v) is 10.2. The summed E-state index contributed by atoms with van der Waals surface area (Å²) in [6.45, 7) is 1.89. The highest BCUT2D eigenvalue weighted by molar-refractivity contribution is 5.77. The van der Waals surface area contributed by atoms with Gasteiger partial charge in [-0.15, -0.1) is 5.10 Å². The van der Waals surface area contributed by atoms with Crippen LogP contribution >= 0.6 is 0 Å². The summed E-state index contributed by atoms with van der Waals surface area (Å²) in [5.41, 5.74) is 1.72. The van der Waals surface area contributed by atoms with Crippen molar-refractivity contribution < 1.29 is 17.9 Å². The highest BCUT2D eigenvalue weighted by Gasteiger charge is 2.34. The monoisotopic (exact) mass is 465 g/mol. The number of anilines is 2. The number of methoxy groups -OCH3 is 1. The molecule has 0 fully saturated rings. The molecule has 0 atom stereocenters. The van der Waals surface area contributed by atoms with Crippen LogP contribution < -0.4 is 10.1 Å². The number of ether oxygens (including phenoxy) is 1. The third-order valence-corrected chi connectivity index (χ3v) is 5.17. The zero-order valence-corrected chi connectivity index (χ0v) is 18.1. The lowest BCUT2D eigenvalue weighted by atomic mass is 10.0. The number of aryl methyl sites for hydroxylation is 1. The molecular formula is C23H18F3N7O. The Hall–Kier alpha value is -4.41. The Morgan fingerprint density at radius 2 is 1.88 bits per heavy atom. The molecule has 2 aromatic carbocycles. The number of imidazole rings is 1. The number of nitrogens with one attached hydrogen (secondary N) is 1. The molecule has 0 saturated heterocycles. The van der Waals surface area contributed by atoms with E-state index in [9.17, 15) is 13.2 Å². The summed E-state index contributed by atoms with van der Waals surface area (Å²) in [5.74, 6) is 0.791. The number of rotatable bonds is 5. The van der Waals surface area contributed by atoms with Crippen LogP contribution in [0.15, 0.2) is 67.4 Å². The fourth-order valence-electron chi connectivity index (χ4n) is 3.65. The van der Waals surface area contributed by atoms with Crippen molar-refractivity contribution in [2.24, 2.45) is 0 Å². The van der Waals surface area contributed by atoms with E-state index in [0.29, 0.717) is 11.4 Å². The van der Waals surface area contributed by atoms with E-state index in [1.165, 1.54) is 35.1 Å². The molecule has 5 rings (SSSR count). The third kappa shape index (κ3) is 3.91. The van der Waals surface area contributed by atoms with Crippen molar-refractivity contribution in [2.45, 2.75) is 13.1 Å². The van der Waals surface area contributed by atoms with E-state index < -0.39 is 11.7 Å². The topological polar surface area (TPSA) is 82.2 Å². The Kier molecular flexibility index (Phi) is 5.16. The highest BCUT2D eigenvalue weighted by atomic mass is 19.4. The molecule has 11 heteroatoms.